The molecule has 3 aromatic rings. The summed E-state index contributed by atoms with van der Waals surface area (Å²) >= 11 is 1.58. The first kappa shape index (κ1) is 20.1. The van der Waals surface area contributed by atoms with Gasteiger partial charge in [0.15, 0.2) is 11.5 Å². The Hall–Kier alpha value is -3.20. The van der Waals surface area contributed by atoms with Crippen molar-refractivity contribution in [3.05, 3.63) is 50.9 Å². The number of thiophene rings is 1. The zero-order valence-electron chi connectivity index (χ0n) is 16.7. The van der Waals surface area contributed by atoms with E-state index in [9.17, 15) is 14.7 Å². The van der Waals surface area contributed by atoms with Crippen LogP contribution in [0.15, 0.2) is 34.4 Å². The number of fused-ring (bicyclic) bond motifs is 3. The molecule has 0 fully saturated rings. The minimum atomic E-state index is -0.764. The number of aromatic hydroxyl groups is 1. The van der Waals surface area contributed by atoms with Crippen LogP contribution in [0.1, 0.15) is 41.8 Å². The van der Waals surface area contributed by atoms with Crippen LogP contribution in [0, 0.1) is 0 Å². The Kier molecular flexibility index (Phi) is 5.54. The Morgan fingerprint density at radius 3 is 3.00 bits per heavy atom. The minimum absolute atomic E-state index is 0.0187. The van der Waals surface area contributed by atoms with Crippen LogP contribution < -0.4 is 15.7 Å². The van der Waals surface area contributed by atoms with Crippen LogP contribution >= 0.6 is 11.3 Å². The molecular formula is C21H22N4O4S. The number of benzene rings is 1. The number of hydrogen-bond donors (Lipinski definition) is 2. The van der Waals surface area contributed by atoms with Gasteiger partial charge in [0, 0.05) is 4.88 Å². The van der Waals surface area contributed by atoms with E-state index in [0.717, 1.165) is 36.1 Å². The normalized spacial score (nSPS) is 14.6. The summed E-state index contributed by atoms with van der Waals surface area (Å²) in [6.45, 7) is 1.64. The third-order valence-electron chi connectivity index (χ3n) is 5.29. The van der Waals surface area contributed by atoms with Crippen molar-refractivity contribution in [3.63, 3.8) is 0 Å². The molecule has 0 bridgehead atoms. The number of nitrogens with zero attached hydrogens (tertiary/aromatic N) is 3. The smallest absolute Gasteiger partial charge is 0.263 e. The zero-order valence-corrected chi connectivity index (χ0v) is 17.5. The fourth-order valence-corrected chi connectivity index (χ4v) is 4.82. The first-order valence-electron chi connectivity index (χ1n) is 9.71. The van der Waals surface area contributed by atoms with Crippen LogP contribution in [0.2, 0.25) is 0 Å². The number of carbonyl (C=O) groups excluding carboxylic acids is 1. The zero-order chi connectivity index (χ0) is 21.3. The first-order valence-corrected chi connectivity index (χ1v) is 10.5. The molecule has 1 aliphatic carbocycles. The van der Waals surface area contributed by atoms with E-state index in [4.69, 9.17) is 4.74 Å². The summed E-state index contributed by atoms with van der Waals surface area (Å²) in [5, 5.41) is 14.2. The average molecular weight is 426 g/mol. The molecule has 4 rings (SSSR count). The fourth-order valence-electron chi connectivity index (χ4n) is 3.60. The number of amides is 1. The number of rotatable bonds is 5. The maximum Gasteiger partial charge on any atom is 0.263 e. The van der Waals surface area contributed by atoms with Gasteiger partial charge in [-0.2, -0.15) is 5.10 Å². The highest BCUT2D eigenvalue weighted by atomic mass is 32.1. The molecule has 1 aromatic carbocycles. The number of nitrogens with one attached hydrogen (secondary N) is 1. The van der Waals surface area contributed by atoms with Crippen LogP contribution in [0.3, 0.4) is 0 Å². The molecule has 0 spiro atoms. The van der Waals surface area contributed by atoms with Gasteiger partial charge in [0.05, 0.1) is 25.0 Å². The lowest BCUT2D eigenvalue weighted by Crippen LogP contribution is -2.34. The summed E-state index contributed by atoms with van der Waals surface area (Å²) in [7, 11) is 1.45. The lowest BCUT2D eigenvalue weighted by molar-refractivity contribution is -0.123. The van der Waals surface area contributed by atoms with Gasteiger partial charge in [-0.05, 0) is 61.9 Å². The average Bonchev–Trinajstić information content (AvgIpc) is 3.14. The third kappa shape index (κ3) is 3.68. The van der Waals surface area contributed by atoms with Crippen molar-refractivity contribution >= 4 is 33.7 Å². The molecule has 2 N–H and O–H groups in total. The monoisotopic (exact) mass is 426 g/mol. The molecule has 1 amide bonds. The molecule has 0 radical (unpaired) electrons. The maximum absolute atomic E-state index is 13.1. The Morgan fingerprint density at radius 1 is 1.40 bits per heavy atom. The highest BCUT2D eigenvalue weighted by Crippen LogP contribution is 2.33. The van der Waals surface area contributed by atoms with E-state index in [1.54, 1.807) is 30.4 Å². The predicted octanol–water partition coefficient (Wildman–Crippen LogP) is 2.76. The lowest BCUT2D eigenvalue weighted by atomic mass is 9.97. The summed E-state index contributed by atoms with van der Waals surface area (Å²) in [5.41, 5.74) is 4.01. The summed E-state index contributed by atoms with van der Waals surface area (Å²) in [4.78, 5) is 32.0. The van der Waals surface area contributed by atoms with E-state index in [0.29, 0.717) is 16.7 Å². The van der Waals surface area contributed by atoms with Crippen LogP contribution in [-0.4, -0.2) is 33.9 Å². The first-order chi connectivity index (χ1) is 14.5. The molecule has 1 aliphatic rings. The van der Waals surface area contributed by atoms with Crippen molar-refractivity contribution in [2.75, 3.05) is 7.11 Å². The maximum atomic E-state index is 13.1. The van der Waals surface area contributed by atoms with Gasteiger partial charge < -0.3 is 9.84 Å². The summed E-state index contributed by atoms with van der Waals surface area (Å²) in [6, 6.07) is 3.95. The van der Waals surface area contributed by atoms with Crippen molar-refractivity contribution in [2.45, 2.75) is 38.6 Å². The van der Waals surface area contributed by atoms with E-state index in [1.807, 2.05) is 0 Å². The van der Waals surface area contributed by atoms with Crippen molar-refractivity contribution < 1.29 is 14.6 Å². The molecule has 156 valence electrons. The highest BCUT2D eigenvalue weighted by molar-refractivity contribution is 7.18. The molecule has 1 atom stereocenters. The van der Waals surface area contributed by atoms with Gasteiger partial charge in [0.2, 0.25) is 0 Å². The second kappa shape index (κ2) is 8.27. The third-order valence-corrected chi connectivity index (χ3v) is 6.49. The number of aromatic nitrogens is 2. The molecule has 2 aromatic heterocycles. The summed E-state index contributed by atoms with van der Waals surface area (Å²) in [6.07, 6.45) is 6.95. The van der Waals surface area contributed by atoms with Crippen LogP contribution in [-0.2, 0) is 17.6 Å². The van der Waals surface area contributed by atoms with Gasteiger partial charge in [-0.25, -0.2) is 10.4 Å². The van der Waals surface area contributed by atoms with Crippen molar-refractivity contribution in [1.82, 2.24) is 15.0 Å². The molecule has 0 saturated heterocycles. The number of methoxy groups -OCH3 is 1. The number of phenols is 1. The molecule has 0 unspecified atom stereocenters. The second-order valence-electron chi connectivity index (χ2n) is 7.19. The molecule has 0 aliphatic heterocycles. The summed E-state index contributed by atoms with van der Waals surface area (Å²) < 4.78 is 6.41. The lowest BCUT2D eigenvalue weighted by Gasteiger charge is -2.14. The van der Waals surface area contributed by atoms with Crippen LogP contribution in [0.4, 0.5) is 0 Å². The van der Waals surface area contributed by atoms with Gasteiger partial charge >= 0.3 is 0 Å². The SMILES string of the molecule is COc1cc(/C=N\NC(=O)[C@@H](C)n2cnc3sc4c(c3c2=O)CCCC4)ccc1O. The van der Waals surface area contributed by atoms with E-state index in [1.165, 1.54) is 35.2 Å². The second-order valence-corrected chi connectivity index (χ2v) is 8.27. The molecule has 2 heterocycles. The van der Waals surface area contributed by atoms with Crippen LogP contribution in [0.25, 0.3) is 10.2 Å². The van der Waals surface area contributed by atoms with Gasteiger partial charge in [0.25, 0.3) is 11.5 Å². The number of ether oxygens (including phenoxy) is 1. The molecular weight excluding hydrogens is 404 g/mol. The predicted molar refractivity (Wildman–Crippen MR) is 116 cm³/mol. The van der Waals surface area contributed by atoms with E-state index < -0.39 is 11.9 Å². The minimum Gasteiger partial charge on any atom is -0.504 e. The molecule has 9 heteroatoms. The van der Waals surface area contributed by atoms with Crippen molar-refractivity contribution in [2.24, 2.45) is 5.10 Å². The summed E-state index contributed by atoms with van der Waals surface area (Å²) in [5.74, 6) is -0.0989. The topological polar surface area (TPSA) is 106 Å². The van der Waals surface area contributed by atoms with Gasteiger partial charge in [-0.1, -0.05) is 0 Å². The fraction of sp³-hybridized carbons (Fsp3) is 0.333. The van der Waals surface area contributed by atoms with E-state index in [-0.39, 0.29) is 11.3 Å². The molecule has 30 heavy (non-hydrogen) atoms. The Labute approximate surface area is 176 Å². The number of carbonyl (C=O) groups is 1. The molecule has 8 nitrogen and oxygen atoms in total. The Bertz CT molecular complexity index is 1200. The quantitative estimate of drug-likeness (QED) is 0.482. The van der Waals surface area contributed by atoms with Gasteiger partial charge in [-0.15, -0.1) is 11.3 Å². The number of phenolic OH excluding ortho intramolecular Hbond substituents is 1. The van der Waals surface area contributed by atoms with Crippen molar-refractivity contribution in [3.8, 4) is 11.5 Å². The number of hydrogen-bond acceptors (Lipinski definition) is 7. The standard InChI is InChI=1S/C21H22N4O4S/c1-12(19(27)24-23-10-13-7-8-15(26)16(9-13)29-2)25-11-22-20-18(21(25)28)14-5-3-4-6-17(14)30-20/h7-12,26H,3-6H2,1-2H3,(H,24,27)/b23-10-/t12-/m1/s1. The number of aryl methyl sites for hydroxylation is 2. The Morgan fingerprint density at radius 2 is 2.20 bits per heavy atom. The van der Waals surface area contributed by atoms with E-state index in [2.05, 4.69) is 15.5 Å². The van der Waals surface area contributed by atoms with Crippen molar-refractivity contribution in [1.29, 1.82) is 0 Å². The van der Waals surface area contributed by atoms with Gasteiger partial charge in [0.1, 0.15) is 10.9 Å². The van der Waals surface area contributed by atoms with E-state index >= 15 is 0 Å². The largest absolute Gasteiger partial charge is 0.504 e. The molecule has 0 saturated carbocycles. The Balaban J connectivity index is 1.53. The van der Waals surface area contributed by atoms with Gasteiger partial charge in [-0.3, -0.25) is 14.2 Å². The van der Waals surface area contributed by atoms with Crippen LogP contribution in [0.5, 0.6) is 11.5 Å². The number of hydrazone groups is 1. The highest BCUT2D eigenvalue weighted by Gasteiger charge is 2.23.